The van der Waals surface area contributed by atoms with E-state index in [9.17, 15) is 4.79 Å². The summed E-state index contributed by atoms with van der Waals surface area (Å²) in [5.74, 6) is 1.33. The molecule has 0 N–H and O–H groups in total. The van der Waals surface area contributed by atoms with Gasteiger partial charge in [-0.2, -0.15) is 0 Å². The van der Waals surface area contributed by atoms with Gasteiger partial charge in [-0.3, -0.25) is 4.79 Å². The highest BCUT2D eigenvalue weighted by molar-refractivity contribution is 6.32. The second-order valence-corrected chi connectivity index (χ2v) is 5.16. The number of carbonyl (C=O) groups is 1. The van der Waals surface area contributed by atoms with E-state index >= 15 is 0 Å². The van der Waals surface area contributed by atoms with Crippen molar-refractivity contribution in [2.45, 2.75) is 12.8 Å². The average molecular weight is 288 g/mol. The fourth-order valence-electron chi connectivity index (χ4n) is 2.39. The van der Waals surface area contributed by atoms with Crippen molar-refractivity contribution in [2.75, 3.05) is 11.9 Å². The first-order valence-electron chi connectivity index (χ1n) is 6.47. The van der Waals surface area contributed by atoms with Gasteiger partial charge in [-0.25, -0.2) is 0 Å². The molecule has 0 atom stereocenters. The number of aryl methyl sites for hydroxylation is 1. The molecule has 0 unspecified atom stereocenters. The molecule has 0 fully saturated rings. The Labute approximate surface area is 122 Å². The number of para-hydroxylation sites is 1. The molecular weight excluding hydrogens is 274 g/mol. The van der Waals surface area contributed by atoms with Gasteiger partial charge in [-0.15, -0.1) is 0 Å². The molecule has 0 radical (unpaired) electrons. The lowest BCUT2D eigenvalue weighted by Gasteiger charge is -2.28. The molecule has 102 valence electrons. The van der Waals surface area contributed by atoms with Crippen molar-refractivity contribution < 1.29 is 9.53 Å². The summed E-state index contributed by atoms with van der Waals surface area (Å²) in [7, 11) is 1.76. The maximum Gasteiger partial charge on any atom is 0.227 e. The SMILES string of the molecule is CN1C(=O)CCc2ccc(Cl)c(Oc3ccccc3)c21. The molecule has 0 saturated carbocycles. The van der Waals surface area contributed by atoms with Gasteiger partial charge < -0.3 is 9.64 Å². The highest BCUT2D eigenvalue weighted by atomic mass is 35.5. The third-order valence-electron chi connectivity index (χ3n) is 3.45. The minimum Gasteiger partial charge on any atom is -0.454 e. The fraction of sp³-hybridized carbons (Fsp3) is 0.188. The molecule has 3 rings (SSSR count). The summed E-state index contributed by atoms with van der Waals surface area (Å²) >= 11 is 6.26. The van der Waals surface area contributed by atoms with Crippen molar-refractivity contribution in [3.8, 4) is 11.5 Å². The van der Waals surface area contributed by atoms with Crippen molar-refractivity contribution >= 4 is 23.2 Å². The zero-order valence-electron chi connectivity index (χ0n) is 11.1. The van der Waals surface area contributed by atoms with Crippen LogP contribution in [0.4, 0.5) is 5.69 Å². The van der Waals surface area contributed by atoms with Crippen LogP contribution < -0.4 is 9.64 Å². The molecule has 0 aromatic heterocycles. The van der Waals surface area contributed by atoms with E-state index in [2.05, 4.69) is 0 Å². The molecule has 4 heteroatoms. The van der Waals surface area contributed by atoms with Crippen molar-refractivity contribution in [3.63, 3.8) is 0 Å². The van der Waals surface area contributed by atoms with Gasteiger partial charge in [0.2, 0.25) is 5.91 Å². The third-order valence-corrected chi connectivity index (χ3v) is 3.75. The Bertz CT molecular complexity index is 655. The van der Waals surface area contributed by atoms with Crippen molar-refractivity contribution in [3.05, 3.63) is 53.1 Å². The van der Waals surface area contributed by atoms with E-state index in [4.69, 9.17) is 16.3 Å². The average Bonchev–Trinajstić information content (AvgIpc) is 2.47. The third kappa shape index (κ3) is 2.25. The molecule has 2 aromatic rings. The van der Waals surface area contributed by atoms with Gasteiger partial charge in [0.15, 0.2) is 5.75 Å². The number of ether oxygens (including phenoxy) is 1. The van der Waals surface area contributed by atoms with Gasteiger partial charge in [-0.1, -0.05) is 35.9 Å². The summed E-state index contributed by atoms with van der Waals surface area (Å²) in [4.78, 5) is 13.5. The molecule has 1 amide bonds. The van der Waals surface area contributed by atoms with Crippen LogP contribution in [-0.4, -0.2) is 13.0 Å². The van der Waals surface area contributed by atoms with E-state index in [-0.39, 0.29) is 5.91 Å². The smallest absolute Gasteiger partial charge is 0.227 e. The van der Waals surface area contributed by atoms with Crippen LogP contribution in [0.25, 0.3) is 0 Å². The quantitative estimate of drug-likeness (QED) is 0.834. The van der Waals surface area contributed by atoms with Crippen LogP contribution in [0.5, 0.6) is 11.5 Å². The fourth-order valence-corrected chi connectivity index (χ4v) is 2.59. The highest BCUT2D eigenvalue weighted by Crippen LogP contribution is 2.43. The van der Waals surface area contributed by atoms with E-state index in [1.165, 1.54) is 0 Å². The Morgan fingerprint density at radius 1 is 1.10 bits per heavy atom. The Morgan fingerprint density at radius 3 is 2.60 bits per heavy atom. The second kappa shape index (κ2) is 5.17. The lowest BCUT2D eigenvalue weighted by atomic mass is 10.0. The Balaban J connectivity index is 2.08. The van der Waals surface area contributed by atoms with Crippen LogP contribution in [0.3, 0.4) is 0 Å². The summed E-state index contributed by atoms with van der Waals surface area (Å²) in [6, 6.07) is 13.2. The number of carbonyl (C=O) groups excluding carboxylic acids is 1. The standard InChI is InChI=1S/C16H14ClNO2/c1-18-14(19)10-8-11-7-9-13(17)16(15(11)18)20-12-5-3-2-4-6-12/h2-7,9H,8,10H2,1H3. The topological polar surface area (TPSA) is 29.5 Å². The molecule has 0 aliphatic carbocycles. The highest BCUT2D eigenvalue weighted by Gasteiger charge is 2.26. The number of amides is 1. The maximum atomic E-state index is 11.9. The lowest BCUT2D eigenvalue weighted by molar-refractivity contribution is -0.118. The van der Waals surface area contributed by atoms with Crippen LogP contribution in [0, 0.1) is 0 Å². The first-order valence-corrected chi connectivity index (χ1v) is 6.85. The Kier molecular flexibility index (Phi) is 3.36. The first-order chi connectivity index (χ1) is 9.66. The van der Waals surface area contributed by atoms with E-state index in [0.717, 1.165) is 17.7 Å². The molecule has 0 spiro atoms. The normalized spacial score (nSPS) is 14.1. The maximum absolute atomic E-state index is 11.9. The number of rotatable bonds is 2. The predicted octanol–water partition coefficient (Wildman–Crippen LogP) is 4.04. The molecular formula is C16H14ClNO2. The Hall–Kier alpha value is -2.00. The Morgan fingerprint density at radius 2 is 1.85 bits per heavy atom. The van der Waals surface area contributed by atoms with Gasteiger partial charge in [0.1, 0.15) is 5.75 Å². The van der Waals surface area contributed by atoms with Crippen molar-refractivity contribution in [2.24, 2.45) is 0 Å². The van der Waals surface area contributed by atoms with Crippen LogP contribution in [0.1, 0.15) is 12.0 Å². The monoisotopic (exact) mass is 287 g/mol. The lowest BCUT2D eigenvalue weighted by Crippen LogP contribution is -2.31. The van der Waals surface area contributed by atoms with Crippen LogP contribution in [0.2, 0.25) is 5.02 Å². The van der Waals surface area contributed by atoms with Crippen LogP contribution in [0.15, 0.2) is 42.5 Å². The van der Waals surface area contributed by atoms with Crippen LogP contribution in [-0.2, 0) is 11.2 Å². The zero-order valence-corrected chi connectivity index (χ0v) is 11.9. The molecule has 0 saturated heterocycles. The van der Waals surface area contributed by atoms with E-state index in [1.807, 2.05) is 42.5 Å². The van der Waals surface area contributed by atoms with Gasteiger partial charge >= 0.3 is 0 Å². The van der Waals surface area contributed by atoms with Crippen LogP contribution >= 0.6 is 11.6 Å². The van der Waals surface area contributed by atoms with Crippen molar-refractivity contribution in [1.82, 2.24) is 0 Å². The minimum absolute atomic E-state index is 0.0812. The molecule has 20 heavy (non-hydrogen) atoms. The summed E-state index contributed by atoms with van der Waals surface area (Å²) in [6.45, 7) is 0. The minimum atomic E-state index is 0.0812. The predicted molar refractivity (Wildman–Crippen MR) is 79.7 cm³/mol. The number of hydrogen-bond donors (Lipinski definition) is 0. The van der Waals surface area contributed by atoms with E-state index in [1.54, 1.807) is 11.9 Å². The number of fused-ring (bicyclic) bond motifs is 1. The largest absolute Gasteiger partial charge is 0.454 e. The number of hydrogen-bond acceptors (Lipinski definition) is 2. The number of halogens is 1. The summed E-state index contributed by atoms with van der Waals surface area (Å²) in [5, 5.41) is 0.508. The molecule has 3 nitrogen and oxygen atoms in total. The molecule has 0 bridgehead atoms. The number of nitrogens with zero attached hydrogens (tertiary/aromatic N) is 1. The zero-order chi connectivity index (χ0) is 14.1. The van der Waals surface area contributed by atoms with Gasteiger partial charge in [-0.05, 0) is 30.2 Å². The van der Waals surface area contributed by atoms with E-state index < -0.39 is 0 Å². The van der Waals surface area contributed by atoms with Crippen molar-refractivity contribution in [1.29, 1.82) is 0 Å². The van der Waals surface area contributed by atoms with E-state index in [0.29, 0.717) is 22.9 Å². The summed E-state index contributed by atoms with van der Waals surface area (Å²) < 4.78 is 5.90. The van der Waals surface area contributed by atoms with Gasteiger partial charge in [0, 0.05) is 13.5 Å². The number of benzene rings is 2. The number of anilines is 1. The molecule has 1 aliphatic heterocycles. The second-order valence-electron chi connectivity index (χ2n) is 4.75. The summed E-state index contributed by atoms with van der Waals surface area (Å²) in [5.41, 5.74) is 1.86. The molecule has 1 aliphatic rings. The van der Waals surface area contributed by atoms with Gasteiger partial charge in [0.05, 0.1) is 10.7 Å². The summed E-state index contributed by atoms with van der Waals surface area (Å²) in [6.07, 6.45) is 1.25. The first kappa shape index (κ1) is 13.0. The van der Waals surface area contributed by atoms with Gasteiger partial charge in [0.25, 0.3) is 0 Å². The molecule has 2 aromatic carbocycles. The molecule has 1 heterocycles.